The van der Waals surface area contributed by atoms with E-state index >= 15 is 0 Å². The SMILES string of the molecule is CCCOCc1ccccc1CNC(=O)Nc1ccc(CN2CCCC2=O)cc1. The van der Waals surface area contributed by atoms with E-state index in [0.29, 0.717) is 26.1 Å². The molecule has 2 aromatic rings. The van der Waals surface area contributed by atoms with Crippen molar-refractivity contribution in [1.29, 1.82) is 0 Å². The quantitative estimate of drug-likeness (QED) is 0.629. The van der Waals surface area contributed by atoms with E-state index in [-0.39, 0.29) is 11.9 Å². The highest BCUT2D eigenvalue weighted by Crippen LogP contribution is 2.16. The summed E-state index contributed by atoms with van der Waals surface area (Å²) in [5.41, 5.74) is 3.91. The molecule has 29 heavy (non-hydrogen) atoms. The first-order chi connectivity index (χ1) is 14.2. The smallest absolute Gasteiger partial charge is 0.319 e. The van der Waals surface area contributed by atoms with Crippen molar-refractivity contribution in [2.24, 2.45) is 0 Å². The van der Waals surface area contributed by atoms with Crippen LogP contribution >= 0.6 is 0 Å². The minimum absolute atomic E-state index is 0.215. The number of nitrogens with one attached hydrogen (secondary N) is 2. The first-order valence-electron chi connectivity index (χ1n) is 10.2. The van der Waals surface area contributed by atoms with Crippen LogP contribution in [0.15, 0.2) is 48.5 Å². The molecule has 6 heteroatoms. The molecule has 0 aliphatic carbocycles. The summed E-state index contributed by atoms with van der Waals surface area (Å²) in [6, 6.07) is 15.3. The molecule has 1 aliphatic heterocycles. The van der Waals surface area contributed by atoms with E-state index in [9.17, 15) is 9.59 Å². The zero-order valence-corrected chi connectivity index (χ0v) is 16.9. The Kier molecular flexibility index (Phi) is 7.64. The molecule has 6 nitrogen and oxygen atoms in total. The Labute approximate surface area is 172 Å². The maximum atomic E-state index is 12.3. The number of hydrogen-bond acceptors (Lipinski definition) is 3. The van der Waals surface area contributed by atoms with Gasteiger partial charge in [-0.05, 0) is 41.7 Å². The van der Waals surface area contributed by atoms with Crippen LogP contribution in [0.2, 0.25) is 0 Å². The largest absolute Gasteiger partial charge is 0.377 e. The summed E-state index contributed by atoms with van der Waals surface area (Å²) < 4.78 is 5.62. The highest BCUT2D eigenvalue weighted by Gasteiger charge is 2.19. The number of anilines is 1. The highest BCUT2D eigenvalue weighted by molar-refractivity contribution is 5.89. The molecule has 3 amide bonds. The molecule has 2 N–H and O–H groups in total. The molecule has 0 unspecified atom stereocenters. The predicted octanol–water partition coefficient (Wildman–Crippen LogP) is 4.06. The Morgan fingerprint density at radius 2 is 1.86 bits per heavy atom. The van der Waals surface area contributed by atoms with Crippen LogP contribution in [-0.2, 0) is 29.2 Å². The van der Waals surface area contributed by atoms with Gasteiger partial charge in [0.1, 0.15) is 0 Å². The lowest BCUT2D eigenvalue weighted by Gasteiger charge is -2.16. The summed E-state index contributed by atoms with van der Waals surface area (Å²) in [6.07, 6.45) is 2.57. The minimum atomic E-state index is -0.253. The minimum Gasteiger partial charge on any atom is -0.377 e. The van der Waals surface area contributed by atoms with Crippen LogP contribution < -0.4 is 10.6 Å². The number of carbonyl (C=O) groups excluding carboxylic acids is 2. The van der Waals surface area contributed by atoms with Crippen molar-refractivity contribution in [2.45, 2.75) is 45.9 Å². The second-order valence-electron chi connectivity index (χ2n) is 7.24. The van der Waals surface area contributed by atoms with Crippen LogP contribution in [-0.4, -0.2) is 30.0 Å². The average molecular weight is 396 g/mol. The number of nitrogens with zero attached hydrogens (tertiary/aromatic N) is 1. The van der Waals surface area contributed by atoms with E-state index in [1.807, 2.05) is 53.4 Å². The van der Waals surface area contributed by atoms with Crippen LogP contribution in [0.5, 0.6) is 0 Å². The van der Waals surface area contributed by atoms with Crippen LogP contribution in [0, 0.1) is 0 Å². The molecule has 0 aromatic heterocycles. The Morgan fingerprint density at radius 1 is 1.10 bits per heavy atom. The molecule has 1 saturated heterocycles. The molecule has 0 bridgehead atoms. The van der Waals surface area contributed by atoms with Gasteiger partial charge in [-0.2, -0.15) is 0 Å². The van der Waals surface area contributed by atoms with Gasteiger partial charge in [0, 0.05) is 38.3 Å². The predicted molar refractivity (Wildman–Crippen MR) is 113 cm³/mol. The lowest BCUT2D eigenvalue weighted by Crippen LogP contribution is -2.28. The van der Waals surface area contributed by atoms with Gasteiger partial charge < -0.3 is 20.3 Å². The fraction of sp³-hybridized carbons (Fsp3) is 0.391. The highest BCUT2D eigenvalue weighted by atomic mass is 16.5. The fourth-order valence-corrected chi connectivity index (χ4v) is 3.33. The normalized spacial score (nSPS) is 13.6. The van der Waals surface area contributed by atoms with E-state index in [2.05, 4.69) is 17.6 Å². The van der Waals surface area contributed by atoms with Crippen LogP contribution in [0.25, 0.3) is 0 Å². The van der Waals surface area contributed by atoms with Crippen molar-refractivity contribution >= 4 is 17.6 Å². The second-order valence-corrected chi connectivity index (χ2v) is 7.24. The van der Waals surface area contributed by atoms with Crippen molar-refractivity contribution in [3.05, 3.63) is 65.2 Å². The molecule has 0 radical (unpaired) electrons. The third-order valence-electron chi connectivity index (χ3n) is 4.92. The number of amides is 3. The molecule has 3 rings (SSSR count). The van der Waals surface area contributed by atoms with E-state index in [4.69, 9.17) is 4.74 Å². The van der Waals surface area contributed by atoms with Crippen molar-refractivity contribution in [1.82, 2.24) is 10.2 Å². The average Bonchev–Trinajstić information content (AvgIpc) is 3.13. The van der Waals surface area contributed by atoms with Crippen molar-refractivity contribution < 1.29 is 14.3 Å². The number of rotatable bonds is 9. The van der Waals surface area contributed by atoms with Crippen LogP contribution in [0.3, 0.4) is 0 Å². The van der Waals surface area contributed by atoms with Gasteiger partial charge in [-0.1, -0.05) is 43.3 Å². The first kappa shape index (κ1) is 20.9. The summed E-state index contributed by atoms with van der Waals surface area (Å²) in [7, 11) is 0. The third kappa shape index (κ3) is 6.32. The van der Waals surface area contributed by atoms with Gasteiger partial charge in [-0.25, -0.2) is 4.79 Å². The maximum absolute atomic E-state index is 12.3. The van der Waals surface area contributed by atoms with Gasteiger partial charge >= 0.3 is 6.03 Å². The van der Waals surface area contributed by atoms with E-state index in [0.717, 1.165) is 48.4 Å². The summed E-state index contributed by atoms with van der Waals surface area (Å²) in [5, 5.41) is 5.75. The number of urea groups is 1. The molecule has 1 aliphatic rings. The summed E-state index contributed by atoms with van der Waals surface area (Å²) >= 11 is 0. The van der Waals surface area contributed by atoms with E-state index in [1.165, 1.54) is 0 Å². The Hall–Kier alpha value is -2.86. The lowest BCUT2D eigenvalue weighted by atomic mass is 10.1. The monoisotopic (exact) mass is 395 g/mol. The van der Waals surface area contributed by atoms with Crippen molar-refractivity contribution in [3.8, 4) is 0 Å². The molecule has 2 aromatic carbocycles. The number of hydrogen-bond donors (Lipinski definition) is 2. The summed E-state index contributed by atoms with van der Waals surface area (Å²) in [5.74, 6) is 0.215. The van der Waals surface area contributed by atoms with Crippen LogP contribution in [0.1, 0.15) is 42.9 Å². The van der Waals surface area contributed by atoms with Crippen molar-refractivity contribution in [3.63, 3.8) is 0 Å². The molecule has 154 valence electrons. The molecular formula is C23H29N3O3. The van der Waals surface area contributed by atoms with Crippen molar-refractivity contribution in [2.75, 3.05) is 18.5 Å². The maximum Gasteiger partial charge on any atom is 0.319 e. The zero-order valence-electron chi connectivity index (χ0n) is 16.9. The second kappa shape index (κ2) is 10.6. The van der Waals surface area contributed by atoms with Gasteiger partial charge in [-0.15, -0.1) is 0 Å². The number of benzene rings is 2. The molecule has 1 fully saturated rings. The van der Waals surface area contributed by atoms with Gasteiger partial charge in [-0.3, -0.25) is 4.79 Å². The molecule has 0 atom stereocenters. The third-order valence-corrected chi connectivity index (χ3v) is 4.92. The standard InChI is InChI=1S/C23H29N3O3/c1-2-14-29-17-20-7-4-3-6-19(20)15-24-23(28)25-21-11-9-18(10-12-21)16-26-13-5-8-22(26)27/h3-4,6-7,9-12H,2,5,8,13-17H2,1H3,(H2,24,25,28). The Balaban J connectivity index is 1.48. The Morgan fingerprint density at radius 3 is 2.55 bits per heavy atom. The van der Waals surface area contributed by atoms with E-state index in [1.54, 1.807) is 0 Å². The van der Waals surface area contributed by atoms with Crippen LogP contribution in [0.4, 0.5) is 10.5 Å². The molecule has 0 saturated carbocycles. The summed E-state index contributed by atoms with van der Waals surface area (Å²) in [4.78, 5) is 25.9. The topological polar surface area (TPSA) is 70.7 Å². The number of ether oxygens (including phenoxy) is 1. The van der Waals surface area contributed by atoms with E-state index < -0.39 is 0 Å². The first-order valence-corrected chi connectivity index (χ1v) is 10.2. The number of likely N-dealkylation sites (tertiary alicyclic amines) is 1. The summed E-state index contributed by atoms with van der Waals surface area (Å²) in [6.45, 7) is 5.25. The zero-order chi connectivity index (χ0) is 20.5. The fourth-order valence-electron chi connectivity index (χ4n) is 3.33. The van der Waals surface area contributed by atoms with Gasteiger partial charge in [0.05, 0.1) is 6.61 Å². The molecule has 1 heterocycles. The molecular weight excluding hydrogens is 366 g/mol. The number of carbonyl (C=O) groups is 2. The Bertz CT molecular complexity index is 820. The van der Waals surface area contributed by atoms with Gasteiger partial charge in [0.15, 0.2) is 0 Å². The molecule has 0 spiro atoms. The van der Waals surface area contributed by atoms with Gasteiger partial charge in [0.2, 0.25) is 5.91 Å². The lowest BCUT2D eigenvalue weighted by molar-refractivity contribution is -0.128. The van der Waals surface area contributed by atoms with Gasteiger partial charge in [0.25, 0.3) is 0 Å².